The molecule has 0 radical (unpaired) electrons. The summed E-state index contributed by atoms with van der Waals surface area (Å²) in [6, 6.07) is 93.8. The summed E-state index contributed by atoms with van der Waals surface area (Å²) >= 11 is 0. The molecule has 0 aliphatic carbocycles. The van der Waals surface area contributed by atoms with Crippen molar-refractivity contribution < 1.29 is 0 Å². The summed E-state index contributed by atoms with van der Waals surface area (Å²) in [6.07, 6.45) is 11.0. The van der Waals surface area contributed by atoms with E-state index in [-0.39, 0.29) is 0 Å². The van der Waals surface area contributed by atoms with Crippen LogP contribution in [0.1, 0.15) is 44.9 Å². The lowest BCUT2D eigenvalue weighted by molar-refractivity contribution is 0.992. The number of rotatable bonds is 2. The lowest BCUT2D eigenvalue weighted by atomic mass is 10.1. The summed E-state index contributed by atoms with van der Waals surface area (Å²) in [4.78, 5) is 43.3. The Hall–Kier alpha value is -12.1. The summed E-state index contributed by atoms with van der Waals surface area (Å²) in [5.74, 6) is 2.16. The van der Waals surface area contributed by atoms with Crippen LogP contribution >= 0.6 is 0 Å². The molecule has 0 saturated heterocycles. The maximum absolute atomic E-state index is 4.55. The molecule has 0 unspecified atom stereocenters. The molecular formula is C86H76N10. The smallest absolute Gasteiger partial charge is 0.163 e. The highest BCUT2D eigenvalue weighted by molar-refractivity contribution is 5.84. The molecule has 470 valence electrons. The minimum Gasteiger partial charge on any atom is -0.256 e. The molecule has 0 fully saturated rings. The van der Waals surface area contributed by atoms with E-state index in [1.807, 2.05) is 221 Å². The monoisotopic (exact) mass is 1250 g/mol. The number of benzene rings is 9. The number of hydrogen-bond donors (Lipinski definition) is 0. The third-order valence-corrected chi connectivity index (χ3v) is 15.4. The van der Waals surface area contributed by atoms with Crippen molar-refractivity contribution in [2.24, 2.45) is 0 Å². The highest BCUT2D eigenvalue weighted by atomic mass is 15.0. The Bertz CT molecular complexity index is 4730. The zero-order valence-electron chi connectivity index (χ0n) is 55.5. The van der Waals surface area contributed by atoms with E-state index in [0.717, 1.165) is 61.3 Å². The molecule has 8 heterocycles. The van der Waals surface area contributed by atoms with Crippen molar-refractivity contribution in [3.63, 3.8) is 0 Å². The molecule has 0 aliphatic heterocycles. The van der Waals surface area contributed by atoms with Crippen molar-refractivity contribution in [3.05, 3.63) is 361 Å². The van der Waals surface area contributed by atoms with Gasteiger partial charge in [-0.1, -0.05) is 200 Å². The van der Waals surface area contributed by atoms with E-state index in [0.29, 0.717) is 11.6 Å². The van der Waals surface area contributed by atoms with Gasteiger partial charge in [-0.2, -0.15) is 0 Å². The topological polar surface area (TPSA) is 129 Å². The van der Waals surface area contributed by atoms with Gasteiger partial charge in [0.15, 0.2) is 11.6 Å². The highest BCUT2D eigenvalue weighted by Gasteiger charge is 2.08. The fraction of sp³-hybridized carbons (Fsp3) is 0.0930. The fourth-order valence-corrected chi connectivity index (χ4v) is 10.4. The quantitative estimate of drug-likeness (QED) is 0.165. The number of pyridine rings is 7. The molecule has 0 atom stereocenters. The van der Waals surface area contributed by atoms with Crippen molar-refractivity contribution in [3.8, 4) is 22.8 Å². The standard InChI is InChI=1S/C16H13N3.7C10H9N/c1-12-17-15(13-8-4-2-5-9-13)19-16(18-12)14-10-6-3-7-11-14;1-8-4-2-6-10-9(8)5-3-7-11-10;1-8-4-2-5-9-6-3-7-11-10(8)9;1-8-4-5-10-9(7-8)3-2-6-11-10;1-8-4-5-9-3-2-6-11-10(9)7-8;1-8-6-9-4-2-3-5-10(9)11-7-8;1-8-6-7-11-10-5-3-2-4-9(8)10;1-8-6-7-9-4-2-3-5-10(9)11-8/h2-11H,1H3;7*2-7H,1H3. The Kier molecular flexibility index (Phi) is 23.6. The van der Waals surface area contributed by atoms with Crippen LogP contribution in [0.15, 0.2) is 316 Å². The van der Waals surface area contributed by atoms with Crippen LogP contribution in [0.5, 0.6) is 0 Å². The first-order valence-corrected chi connectivity index (χ1v) is 31.9. The first kappa shape index (κ1) is 66.8. The second-order valence-electron chi connectivity index (χ2n) is 23.0. The third kappa shape index (κ3) is 19.2. The maximum Gasteiger partial charge on any atom is 0.163 e. The summed E-state index contributed by atoms with van der Waals surface area (Å²) in [6.45, 7) is 16.4. The van der Waals surface area contributed by atoms with Crippen molar-refractivity contribution in [1.29, 1.82) is 0 Å². The number of aryl methyl sites for hydroxylation is 8. The largest absolute Gasteiger partial charge is 0.256 e. The van der Waals surface area contributed by atoms with Crippen molar-refractivity contribution in [2.75, 3.05) is 0 Å². The van der Waals surface area contributed by atoms with Crippen LogP contribution in [-0.4, -0.2) is 49.8 Å². The fourth-order valence-electron chi connectivity index (χ4n) is 10.4. The van der Waals surface area contributed by atoms with Crippen molar-refractivity contribution >= 4 is 76.3 Å². The lowest BCUT2D eigenvalue weighted by Crippen LogP contribution is -1.99. The van der Waals surface area contributed by atoms with Crippen molar-refractivity contribution in [2.45, 2.75) is 55.4 Å². The number of nitrogens with zero attached hydrogens (tertiary/aromatic N) is 10. The Labute approximate surface area is 562 Å². The SMILES string of the molecule is Cc1ccc2ccccc2n1.Cc1ccc2cccnc2c1.Cc1ccc2ncccc2c1.Cc1cccc2cccnc12.Cc1cccc2ncccc12.Cc1ccnc2ccccc12.Cc1cnc2ccccc2c1.Cc1nc(-c2ccccc2)nc(-c2ccccc2)n1. The van der Waals surface area contributed by atoms with Crippen LogP contribution in [0.25, 0.3) is 99.1 Å². The van der Waals surface area contributed by atoms with Crippen LogP contribution in [0.3, 0.4) is 0 Å². The number of hydrogen-bond acceptors (Lipinski definition) is 10. The predicted octanol–water partition coefficient (Wildman–Crippen LogP) is 21.3. The number of aromatic nitrogens is 10. The van der Waals surface area contributed by atoms with Gasteiger partial charge in [0.05, 0.1) is 38.6 Å². The first-order chi connectivity index (χ1) is 46.9. The average Bonchev–Trinajstić information content (AvgIpc) is 1.18. The molecule has 0 saturated carbocycles. The third-order valence-electron chi connectivity index (χ3n) is 15.4. The van der Waals surface area contributed by atoms with Gasteiger partial charge < -0.3 is 0 Å². The van der Waals surface area contributed by atoms with Gasteiger partial charge in [-0.05, 0) is 168 Å². The molecule has 0 spiro atoms. The van der Waals surface area contributed by atoms with E-state index < -0.39 is 0 Å². The Morgan fingerprint density at radius 2 is 0.667 bits per heavy atom. The van der Waals surface area contributed by atoms with Gasteiger partial charge in [-0.3, -0.25) is 34.9 Å². The normalized spacial score (nSPS) is 10.3. The van der Waals surface area contributed by atoms with E-state index in [1.165, 1.54) is 71.1 Å². The molecule has 17 rings (SSSR count). The Morgan fingerprint density at radius 3 is 1.35 bits per heavy atom. The van der Waals surface area contributed by atoms with Crippen LogP contribution in [0.4, 0.5) is 0 Å². The second-order valence-corrected chi connectivity index (χ2v) is 23.0. The zero-order valence-corrected chi connectivity index (χ0v) is 55.5. The average molecular weight is 1250 g/mol. The first-order valence-electron chi connectivity index (χ1n) is 31.9. The van der Waals surface area contributed by atoms with E-state index in [4.69, 9.17) is 0 Å². The van der Waals surface area contributed by atoms with Gasteiger partial charge in [0.1, 0.15) is 5.82 Å². The molecule has 10 heteroatoms. The van der Waals surface area contributed by atoms with Gasteiger partial charge in [-0.15, -0.1) is 0 Å². The summed E-state index contributed by atoms with van der Waals surface area (Å²) in [7, 11) is 0. The van der Waals surface area contributed by atoms with E-state index in [1.54, 1.807) is 0 Å². The molecular weight excluding hydrogens is 1170 g/mol. The van der Waals surface area contributed by atoms with Crippen LogP contribution in [0, 0.1) is 55.4 Å². The van der Waals surface area contributed by atoms with Crippen molar-refractivity contribution in [1.82, 2.24) is 49.8 Å². The maximum atomic E-state index is 4.55. The summed E-state index contributed by atoms with van der Waals surface area (Å²) < 4.78 is 0. The van der Waals surface area contributed by atoms with Gasteiger partial charge in [0.2, 0.25) is 0 Å². The molecule has 96 heavy (non-hydrogen) atoms. The van der Waals surface area contributed by atoms with E-state index in [2.05, 4.69) is 201 Å². The van der Waals surface area contributed by atoms with Gasteiger partial charge >= 0.3 is 0 Å². The Balaban J connectivity index is 0.000000120. The molecule has 0 amide bonds. The Morgan fingerprint density at radius 1 is 0.229 bits per heavy atom. The summed E-state index contributed by atoms with van der Waals surface area (Å²) in [5, 5.41) is 8.55. The molecule has 0 bridgehead atoms. The molecule has 8 aromatic heterocycles. The van der Waals surface area contributed by atoms with E-state index in [9.17, 15) is 0 Å². The minimum absolute atomic E-state index is 0.715. The highest BCUT2D eigenvalue weighted by Crippen LogP contribution is 2.22. The zero-order chi connectivity index (χ0) is 66.9. The van der Waals surface area contributed by atoms with Crippen LogP contribution in [0.2, 0.25) is 0 Å². The van der Waals surface area contributed by atoms with Gasteiger partial charge in [-0.25, -0.2) is 15.0 Å². The van der Waals surface area contributed by atoms with E-state index >= 15 is 0 Å². The lowest BCUT2D eigenvalue weighted by Gasteiger charge is -2.05. The second kappa shape index (κ2) is 34.0. The van der Waals surface area contributed by atoms with Gasteiger partial charge in [0, 0.05) is 91.7 Å². The molecule has 9 aromatic carbocycles. The van der Waals surface area contributed by atoms with Crippen LogP contribution in [-0.2, 0) is 0 Å². The van der Waals surface area contributed by atoms with Crippen LogP contribution < -0.4 is 0 Å². The number of para-hydroxylation sites is 4. The minimum atomic E-state index is 0.715. The van der Waals surface area contributed by atoms with Gasteiger partial charge in [0.25, 0.3) is 0 Å². The molecule has 17 aromatic rings. The summed E-state index contributed by atoms with van der Waals surface area (Å²) in [5.41, 5.74) is 18.2. The molecule has 10 nitrogen and oxygen atoms in total. The number of fused-ring (bicyclic) bond motifs is 7. The molecule has 0 aliphatic rings. The predicted molar refractivity (Wildman–Crippen MR) is 401 cm³/mol. The molecule has 0 N–H and O–H groups in total.